The Balaban J connectivity index is 1.17. The summed E-state index contributed by atoms with van der Waals surface area (Å²) in [6, 6.07) is 78.4. The molecule has 12 aromatic rings. The Bertz CT molecular complexity index is 4160. The van der Waals surface area contributed by atoms with E-state index in [0.29, 0.717) is 11.1 Å². The molecule has 0 saturated heterocycles. The van der Waals surface area contributed by atoms with E-state index in [1.54, 1.807) is 0 Å². The second kappa shape index (κ2) is 15.7. The van der Waals surface area contributed by atoms with Gasteiger partial charge in [-0.1, -0.05) is 121 Å². The van der Waals surface area contributed by atoms with Crippen LogP contribution in [0.5, 0.6) is 0 Å². The van der Waals surface area contributed by atoms with Crippen LogP contribution in [0.1, 0.15) is 34.7 Å². The van der Waals surface area contributed by atoms with Crippen LogP contribution < -0.4 is 9.80 Å². The van der Waals surface area contributed by atoms with Gasteiger partial charge in [0.1, 0.15) is 11.6 Å². The Morgan fingerprint density at radius 3 is 1.62 bits per heavy atom. The first-order valence-corrected chi connectivity index (χ1v) is 23.7. The predicted octanol–water partition coefficient (Wildman–Crippen LogP) is 16.3. The minimum absolute atomic E-state index is 0.565. The number of rotatable bonds is 7. The zero-order valence-electron chi connectivity index (χ0n) is 37.3. The molecule has 0 saturated carbocycles. The van der Waals surface area contributed by atoms with Gasteiger partial charge in [-0.2, -0.15) is 10.5 Å². The van der Waals surface area contributed by atoms with Crippen molar-refractivity contribution in [1.29, 1.82) is 10.5 Å². The number of para-hydroxylation sites is 2. The molecule has 13 rings (SSSR count). The summed E-state index contributed by atoms with van der Waals surface area (Å²) in [6.45, 7) is 2.37. The molecule has 1 aliphatic rings. The molecule has 0 radical (unpaired) electrons. The van der Waals surface area contributed by atoms with E-state index in [1.807, 2.05) is 78.1 Å². The molecule has 0 N–H and O–H groups in total. The van der Waals surface area contributed by atoms with Crippen molar-refractivity contribution in [3.05, 3.63) is 240 Å². The summed E-state index contributed by atoms with van der Waals surface area (Å²) in [6.07, 6.45) is 0. The average molecular weight is 899 g/mol. The van der Waals surface area contributed by atoms with E-state index in [2.05, 4.69) is 174 Å². The number of benzene rings is 9. The van der Waals surface area contributed by atoms with E-state index in [9.17, 15) is 10.5 Å². The van der Waals surface area contributed by atoms with Crippen molar-refractivity contribution >= 4 is 98.5 Å². The molecule has 9 aromatic carbocycles. The minimum Gasteiger partial charge on any atom is -0.294 e. The number of hydrogen-bond donors (Lipinski definition) is 0. The minimum atomic E-state index is -0.683. The summed E-state index contributed by atoms with van der Waals surface area (Å²) >= 11 is 1.83. The second-order valence-corrected chi connectivity index (χ2v) is 18.7. The largest absolute Gasteiger partial charge is 0.294 e. The lowest BCUT2D eigenvalue weighted by atomic mass is 9.73. The van der Waals surface area contributed by atoms with Crippen molar-refractivity contribution in [3.8, 4) is 23.3 Å². The Kier molecular flexibility index (Phi) is 9.17. The zero-order valence-corrected chi connectivity index (χ0v) is 38.1. The van der Waals surface area contributed by atoms with E-state index >= 15 is 0 Å². The number of anilines is 6. The third-order valence-electron chi connectivity index (χ3n) is 13.9. The van der Waals surface area contributed by atoms with Crippen LogP contribution in [0, 0.1) is 22.7 Å². The highest BCUT2D eigenvalue weighted by atomic mass is 32.1. The Labute approximate surface area is 402 Å². The number of nitrogens with zero attached hydrogens (tertiary/aromatic N) is 6. The quantitative estimate of drug-likeness (QED) is 0.159. The zero-order chi connectivity index (χ0) is 46.2. The van der Waals surface area contributed by atoms with Crippen molar-refractivity contribution in [2.24, 2.45) is 0 Å². The number of thiophene rings is 1. The Morgan fingerprint density at radius 2 is 0.986 bits per heavy atom. The molecule has 3 heterocycles. The second-order valence-electron chi connectivity index (χ2n) is 17.7. The summed E-state index contributed by atoms with van der Waals surface area (Å²) in [5.74, 6) is 1.50. The molecule has 0 spiro atoms. The first-order chi connectivity index (χ1) is 34.0. The van der Waals surface area contributed by atoms with Crippen molar-refractivity contribution in [2.75, 3.05) is 9.80 Å². The summed E-state index contributed by atoms with van der Waals surface area (Å²) in [5, 5.41) is 27.1. The first kappa shape index (κ1) is 40.2. The van der Waals surface area contributed by atoms with E-state index < -0.39 is 5.41 Å². The molecule has 0 fully saturated rings. The molecular weight excluding hydrogens is 861 g/mol. The molecule has 0 amide bonds. The van der Waals surface area contributed by atoms with Crippen LogP contribution in [0.15, 0.2) is 212 Å². The van der Waals surface area contributed by atoms with Gasteiger partial charge in [0.05, 0.1) is 45.7 Å². The van der Waals surface area contributed by atoms with Crippen LogP contribution in [0.4, 0.5) is 34.4 Å². The molecule has 69 heavy (non-hydrogen) atoms. The first-order valence-electron chi connectivity index (χ1n) is 22.9. The summed E-state index contributed by atoms with van der Waals surface area (Å²) in [7, 11) is 0. The van der Waals surface area contributed by atoms with Gasteiger partial charge in [-0.05, 0) is 126 Å². The number of pyridine rings is 2. The molecule has 1 aliphatic carbocycles. The van der Waals surface area contributed by atoms with Crippen molar-refractivity contribution in [1.82, 2.24) is 9.97 Å². The number of aromatic nitrogens is 2. The molecule has 6 nitrogen and oxygen atoms in total. The van der Waals surface area contributed by atoms with E-state index in [1.165, 1.54) is 26.1 Å². The predicted molar refractivity (Wildman–Crippen MR) is 284 cm³/mol. The van der Waals surface area contributed by atoms with E-state index in [-0.39, 0.29) is 0 Å². The van der Waals surface area contributed by atoms with Crippen molar-refractivity contribution < 1.29 is 0 Å². The highest BCUT2D eigenvalue weighted by molar-refractivity contribution is 7.26. The van der Waals surface area contributed by atoms with Gasteiger partial charge in [0.15, 0.2) is 0 Å². The highest BCUT2D eigenvalue weighted by Gasteiger charge is 2.45. The Hall–Kier alpha value is -9.14. The SMILES string of the molecule is CC1(c2ccccc2)c2cc(N(c3cccc(C#N)c3)c3ccc4ccccc4n3)c3ccccc3c2-c2c1cc(N(c1cccc(C#N)c1)c1ccc3ccccc3n1)c1c2sc2ccccc21. The topological polar surface area (TPSA) is 79.8 Å². The lowest BCUT2D eigenvalue weighted by Gasteiger charge is -2.32. The Morgan fingerprint density at radius 1 is 0.464 bits per heavy atom. The summed E-state index contributed by atoms with van der Waals surface area (Å²) < 4.78 is 2.36. The number of hydrogen-bond acceptors (Lipinski definition) is 7. The fourth-order valence-electron chi connectivity index (χ4n) is 10.7. The van der Waals surface area contributed by atoms with Crippen molar-refractivity contribution in [2.45, 2.75) is 12.3 Å². The van der Waals surface area contributed by atoms with Gasteiger partial charge in [0.25, 0.3) is 0 Å². The number of nitriles is 2. The van der Waals surface area contributed by atoms with Gasteiger partial charge in [0, 0.05) is 58.7 Å². The third kappa shape index (κ3) is 6.22. The standard InChI is InChI=1S/C62H38N6S/c1-62(43-19-3-2-4-20-43)49-35-53(67(44-21-13-15-39(33-44)37-63)56-31-29-41-17-5-10-26-51(41)65-56)46-23-7-8-24-47(46)58(49)60-50(62)36-54(59-48-25-9-12-28-55(48)69-61(59)60)68(45-22-14-16-40(34-45)38-64)57-32-30-42-18-6-11-27-52(42)66-57/h2-36H,1H3. The van der Waals surface area contributed by atoms with Gasteiger partial charge in [-0.25, -0.2) is 9.97 Å². The van der Waals surface area contributed by atoms with Crippen LogP contribution in [0.25, 0.3) is 63.9 Å². The smallest absolute Gasteiger partial charge is 0.138 e. The van der Waals surface area contributed by atoms with Crippen LogP contribution in [-0.2, 0) is 5.41 Å². The van der Waals surface area contributed by atoms with Crippen LogP contribution in [0.2, 0.25) is 0 Å². The maximum Gasteiger partial charge on any atom is 0.138 e. The lowest BCUT2D eigenvalue weighted by molar-refractivity contribution is 0.715. The molecule has 322 valence electrons. The maximum absolute atomic E-state index is 10.3. The van der Waals surface area contributed by atoms with Crippen LogP contribution in [-0.4, -0.2) is 9.97 Å². The molecule has 0 bridgehead atoms. The van der Waals surface area contributed by atoms with Gasteiger partial charge in [-0.3, -0.25) is 9.80 Å². The molecule has 0 aliphatic heterocycles. The van der Waals surface area contributed by atoms with E-state index in [0.717, 1.165) is 88.9 Å². The fraction of sp³-hybridized carbons (Fsp3) is 0.0323. The lowest BCUT2D eigenvalue weighted by Crippen LogP contribution is -2.24. The van der Waals surface area contributed by atoms with Gasteiger partial charge in [-0.15, -0.1) is 11.3 Å². The normalized spacial score (nSPS) is 13.9. The molecule has 1 atom stereocenters. The van der Waals surface area contributed by atoms with Crippen LogP contribution >= 0.6 is 11.3 Å². The van der Waals surface area contributed by atoms with Gasteiger partial charge >= 0.3 is 0 Å². The van der Waals surface area contributed by atoms with E-state index in [4.69, 9.17) is 9.97 Å². The molecule has 7 heteroatoms. The van der Waals surface area contributed by atoms with Crippen molar-refractivity contribution in [3.63, 3.8) is 0 Å². The van der Waals surface area contributed by atoms with Gasteiger partial charge < -0.3 is 0 Å². The highest BCUT2D eigenvalue weighted by Crippen LogP contribution is 2.62. The molecule has 3 aromatic heterocycles. The monoisotopic (exact) mass is 898 g/mol. The van der Waals surface area contributed by atoms with Gasteiger partial charge in [0.2, 0.25) is 0 Å². The summed E-state index contributed by atoms with van der Waals surface area (Å²) in [4.78, 5) is 15.1. The van der Waals surface area contributed by atoms with Crippen LogP contribution in [0.3, 0.4) is 0 Å². The maximum atomic E-state index is 10.3. The summed E-state index contributed by atoms with van der Waals surface area (Å²) in [5.41, 5.74) is 11.7. The average Bonchev–Trinajstić information content (AvgIpc) is 3.92. The third-order valence-corrected chi connectivity index (χ3v) is 15.1. The molecule has 1 unspecified atom stereocenters. The fourth-order valence-corrected chi connectivity index (χ4v) is 12.0. The molecular formula is C62H38N6S. The number of fused-ring (bicyclic) bond motifs is 11.